The molecule has 0 unspecified atom stereocenters. The molecule has 1 aliphatic heterocycles. The van der Waals surface area contributed by atoms with Gasteiger partial charge in [-0.25, -0.2) is 8.42 Å². The Hall–Kier alpha value is -1.60. The summed E-state index contributed by atoms with van der Waals surface area (Å²) in [5.41, 5.74) is 0.0140. The molecule has 0 spiro atoms. The van der Waals surface area contributed by atoms with Gasteiger partial charge in [0, 0.05) is 19.6 Å². The third kappa shape index (κ3) is 6.01. The van der Waals surface area contributed by atoms with Crippen molar-refractivity contribution in [2.45, 2.75) is 44.9 Å². The van der Waals surface area contributed by atoms with Gasteiger partial charge in [-0.1, -0.05) is 27.2 Å². The zero-order valence-electron chi connectivity index (χ0n) is 15.2. The molecule has 1 fully saturated rings. The molecule has 0 aromatic heterocycles. The van der Waals surface area contributed by atoms with Gasteiger partial charge >= 0.3 is 0 Å². The van der Waals surface area contributed by atoms with Crippen LogP contribution >= 0.6 is 0 Å². The second kappa shape index (κ2) is 8.19. The molecule has 7 heteroatoms. The average molecular weight is 368 g/mol. The van der Waals surface area contributed by atoms with E-state index in [-0.39, 0.29) is 22.8 Å². The van der Waals surface area contributed by atoms with Crippen molar-refractivity contribution < 1.29 is 17.9 Å². The molecule has 1 N–H and O–H groups in total. The molecule has 6 nitrogen and oxygen atoms in total. The summed E-state index contributed by atoms with van der Waals surface area (Å²) in [5, 5.41) is 2.81. The first kappa shape index (κ1) is 19.7. The summed E-state index contributed by atoms with van der Waals surface area (Å²) < 4.78 is 32.1. The van der Waals surface area contributed by atoms with E-state index in [9.17, 15) is 13.2 Å². The average Bonchev–Trinajstić information content (AvgIpc) is 2.58. The highest BCUT2D eigenvalue weighted by Crippen LogP contribution is 2.22. The van der Waals surface area contributed by atoms with E-state index in [4.69, 9.17) is 4.74 Å². The van der Waals surface area contributed by atoms with Gasteiger partial charge in [0.2, 0.25) is 10.0 Å². The molecular formula is C18H28N2O4S. The quantitative estimate of drug-likeness (QED) is 0.837. The van der Waals surface area contributed by atoms with E-state index in [0.717, 1.165) is 19.3 Å². The Bertz CT molecular complexity index is 672. The predicted molar refractivity (Wildman–Crippen MR) is 97.0 cm³/mol. The van der Waals surface area contributed by atoms with Gasteiger partial charge in [-0.15, -0.1) is 0 Å². The van der Waals surface area contributed by atoms with Crippen molar-refractivity contribution in [1.82, 2.24) is 9.62 Å². The number of carbonyl (C=O) groups is 1. The number of rotatable bonds is 6. The molecule has 25 heavy (non-hydrogen) atoms. The fraction of sp³-hybridized carbons (Fsp3) is 0.611. The molecule has 0 radical (unpaired) electrons. The smallest absolute Gasteiger partial charge is 0.257 e. The number of hydrogen-bond acceptors (Lipinski definition) is 4. The number of nitrogens with one attached hydrogen (secondary N) is 1. The van der Waals surface area contributed by atoms with E-state index >= 15 is 0 Å². The molecule has 1 amide bonds. The minimum atomic E-state index is -3.44. The first-order chi connectivity index (χ1) is 11.7. The van der Waals surface area contributed by atoms with Gasteiger partial charge in [-0.05, 0) is 42.5 Å². The Morgan fingerprint density at radius 1 is 1.12 bits per heavy atom. The molecule has 1 heterocycles. The van der Waals surface area contributed by atoms with Gasteiger partial charge in [0.1, 0.15) is 5.75 Å². The zero-order valence-corrected chi connectivity index (χ0v) is 16.1. The summed E-state index contributed by atoms with van der Waals surface area (Å²) in [5.74, 6) is 0.281. The lowest BCUT2D eigenvalue weighted by molar-refractivity contribution is -0.123. The number of ether oxygens (including phenoxy) is 1. The Morgan fingerprint density at radius 3 is 2.28 bits per heavy atom. The van der Waals surface area contributed by atoms with Gasteiger partial charge in [0.05, 0.1) is 4.90 Å². The Balaban J connectivity index is 1.90. The molecule has 1 aromatic carbocycles. The monoisotopic (exact) mass is 368 g/mol. The van der Waals surface area contributed by atoms with Gasteiger partial charge in [0.15, 0.2) is 6.61 Å². The molecule has 0 atom stereocenters. The van der Waals surface area contributed by atoms with Crippen LogP contribution in [0, 0.1) is 5.41 Å². The molecule has 0 aliphatic carbocycles. The van der Waals surface area contributed by atoms with Gasteiger partial charge in [-0.2, -0.15) is 4.31 Å². The normalized spacial score (nSPS) is 16.4. The summed E-state index contributed by atoms with van der Waals surface area (Å²) in [6.07, 6.45) is 2.89. The third-order valence-electron chi connectivity index (χ3n) is 3.96. The van der Waals surface area contributed by atoms with Crippen molar-refractivity contribution in [2.75, 3.05) is 26.2 Å². The third-order valence-corrected chi connectivity index (χ3v) is 5.88. The summed E-state index contributed by atoms with van der Waals surface area (Å²) in [7, 11) is -3.44. The predicted octanol–water partition coefficient (Wildman–Crippen LogP) is 2.40. The first-order valence-electron chi connectivity index (χ1n) is 8.68. The van der Waals surface area contributed by atoms with Crippen molar-refractivity contribution in [3.05, 3.63) is 24.3 Å². The first-order valence-corrected chi connectivity index (χ1v) is 10.1. The van der Waals surface area contributed by atoms with Crippen LogP contribution in [0.15, 0.2) is 29.2 Å². The highest BCUT2D eigenvalue weighted by atomic mass is 32.2. The highest BCUT2D eigenvalue weighted by molar-refractivity contribution is 7.89. The molecule has 0 saturated carbocycles. The van der Waals surface area contributed by atoms with E-state index in [1.54, 1.807) is 12.1 Å². The van der Waals surface area contributed by atoms with Crippen molar-refractivity contribution in [1.29, 1.82) is 0 Å². The molecular weight excluding hydrogens is 340 g/mol. The second-order valence-corrected chi connectivity index (χ2v) is 9.50. The van der Waals surface area contributed by atoms with Crippen LogP contribution in [0.1, 0.15) is 40.0 Å². The summed E-state index contributed by atoms with van der Waals surface area (Å²) in [4.78, 5) is 12.0. The summed E-state index contributed by atoms with van der Waals surface area (Å²) in [6.45, 7) is 7.75. The van der Waals surface area contributed by atoms with E-state index in [2.05, 4.69) is 5.32 Å². The van der Waals surface area contributed by atoms with Crippen molar-refractivity contribution in [3.63, 3.8) is 0 Å². The van der Waals surface area contributed by atoms with Crippen molar-refractivity contribution in [3.8, 4) is 5.75 Å². The van der Waals surface area contributed by atoms with Gasteiger partial charge in [0.25, 0.3) is 5.91 Å². The van der Waals surface area contributed by atoms with Gasteiger partial charge in [-0.3, -0.25) is 4.79 Å². The number of piperidine rings is 1. The molecule has 1 saturated heterocycles. The minimum absolute atomic E-state index is 0.0140. The van der Waals surface area contributed by atoms with Crippen LogP contribution in [-0.4, -0.2) is 44.9 Å². The maximum absolute atomic E-state index is 12.6. The second-order valence-electron chi connectivity index (χ2n) is 7.56. The van der Waals surface area contributed by atoms with Crippen LogP contribution < -0.4 is 10.1 Å². The SMILES string of the molecule is CC(C)(C)CNC(=O)COc1ccc(S(=O)(=O)N2CCCCC2)cc1. The van der Waals surface area contributed by atoms with Crippen LogP contribution in [0.5, 0.6) is 5.75 Å². The van der Waals surface area contributed by atoms with Crippen LogP contribution in [0.4, 0.5) is 0 Å². The van der Waals surface area contributed by atoms with Crippen LogP contribution in [-0.2, 0) is 14.8 Å². The van der Waals surface area contributed by atoms with Gasteiger partial charge < -0.3 is 10.1 Å². The van der Waals surface area contributed by atoms with E-state index in [1.165, 1.54) is 16.4 Å². The lowest BCUT2D eigenvalue weighted by Gasteiger charge is -2.25. The van der Waals surface area contributed by atoms with E-state index in [0.29, 0.717) is 25.4 Å². The fourth-order valence-electron chi connectivity index (χ4n) is 2.53. The molecule has 1 aromatic rings. The Labute approximate surface area is 150 Å². The standard InChI is InChI=1S/C18H28N2O4S/c1-18(2,3)14-19-17(21)13-24-15-7-9-16(10-8-15)25(22,23)20-11-5-4-6-12-20/h7-10H,4-6,11-14H2,1-3H3,(H,19,21). The largest absolute Gasteiger partial charge is 0.484 e. The number of carbonyl (C=O) groups excluding carboxylic acids is 1. The van der Waals surface area contributed by atoms with Crippen LogP contribution in [0.3, 0.4) is 0 Å². The lowest BCUT2D eigenvalue weighted by atomic mass is 9.97. The highest BCUT2D eigenvalue weighted by Gasteiger charge is 2.25. The maximum atomic E-state index is 12.6. The number of amides is 1. The van der Waals surface area contributed by atoms with E-state index in [1.807, 2.05) is 20.8 Å². The number of nitrogens with zero attached hydrogens (tertiary/aromatic N) is 1. The number of sulfonamides is 1. The topological polar surface area (TPSA) is 75.7 Å². The Kier molecular flexibility index (Phi) is 6.46. The number of hydrogen-bond donors (Lipinski definition) is 1. The summed E-state index contributed by atoms with van der Waals surface area (Å²) >= 11 is 0. The fourth-order valence-corrected chi connectivity index (χ4v) is 4.04. The van der Waals surface area contributed by atoms with Crippen molar-refractivity contribution >= 4 is 15.9 Å². The minimum Gasteiger partial charge on any atom is -0.484 e. The van der Waals surface area contributed by atoms with Crippen LogP contribution in [0.2, 0.25) is 0 Å². The van der Waals surface area contributed by atoms with E-state index < -0.39 is 10.0 Å². The Morgan fingerprint density at radius 2 is 1.72 bits per heavy atom. The lowest BCUT2D eigenvalue weighted by Crippen LogP contribution is -2.35. The maximum Gasteiger partial charge on any atom is 0.257 e. The molecule has 1 aliphatic rings. The summed E-state index contributed by atoms with van der Waals surface area (Å²) in [6, 6.07) is 6.25. The number of benzene rings is 1. The molecule has 0 bridgehead atoms. The van der Waals surface area contributed by atoms with Crippen LogP contribution in [0.25, 0.3) is 0 Å². The molecule has 140 valence electrons. The molecule has 2 rings (SSSR count). The van der Waals surface area contributed by atoms with Crippen molar-refractivity contribution in [2.24, 2.45) is 5.41 Å². The zero-order chi connectivity index (χ0) is 18.5.